The van der Waals surface area contributed by atoms with Gasteiger partial charge in [0, 0.05) is 37.4 Å². The zero-order chi connectivity index (χ0) is 17.2. The van der Waals surface area contributed by atoms with E-state index in [0.717, 1.165) is 53.2 Å². The van der Waals surface area contributed by atoms with Crippen LogP contribution in [0.4, 0.5) is 5.69 Å². The third-order valence-corrected chi connectivity index (χ3v) is 5.45. The standard InChI is InChI=1S/C17H20N6OS.ClH/c1-18-16(24)13-9-22-17(25-13)12-8-21-15-11(4-6-20-15)14(12)23-10-3-2-5-19-7-10;/h4,6,8-10,19H,2-3,5,7H2,1H3,(H,18,24)(H2,20,21,23);1H/t10-;/m1./s1. The number of amides is 1. The average Bonchev–Trinajstić information content (AvgIpc) is 3.31. The summed E-state index contributed by atoms with van der Waals surface area (Å²) in [6.45, 7) is 2.01. The van der Waals surface area contributed by atoms with Crippen LogP contribution in [0, 0.1) is 0 Å². The quantitative estimate of drug-likeness (QED) is 0.547. The topological polar surface area (TPSA) is 94.7 Å². The van der Waals surface area contributed by atoms with Crippen molar-refractivity contribution in [3.8, 4) is 10.6 Å². The van der Waals surface area contributed by atoms with Crippen molar-refractivity contribution in [1.82, 2.24) is 25.6 Å². The van der Waals surface area contributed by atoms with E-state index in [0.29, 0.717) is 10.9 Å². The fraction of sp³-hybridized carbons (Fsp3) is 0.353. The lowest BCUT2D eigenvalue weighted by molar-refractivity contribution is 0.0967. The number of thiazole rings is 1. The van der Waals surface area contributed by atoms with E-state index in [1.165, 1.54) is 11.3 Å². The summed E-state index contributed by atoms with van der Waals surface area (Å²) in [5.41, 5.74) is 2.80. The van der Waals surface area contributed by atoms with E-state index in [-0.39, 0.29) is 18.3 Å². The summed E-state index contributed by atoms with van der Waals surface area (Å²) in [7, 11) is 1.62. The van der Waals surface area contributed by atoms with Gasteiger partial charge in [0.15, 0.2) is 0 Å². The molecule has 4 heterocycles. The molecule has 4 rings (SSSR count). The average molecular weight is 393 g/mol. The molecule has 0 aliphatic carbocycles. The molecule has 1 aliphatic heterocycles. The SMILES string of the molecule is CNC(=O)c1cnc(-c2cnc3[nH]ccc3c2N[C@@H]2CCCNC2)s1.Cl. The Labute approximate surface area is 161 Å². The minimum absolute atomic E-state index is 0. The molecule has 1 atom stereocenters. The van der Waals surface area contributed by atoms with Crippen LogP contribution in [-0.2, 0) is 0 Å². The largest absolute Gasteiger partial charge is 0.380 e. The Morgan fingerprint density at radius 1 is 1.35 bits per heavy atom. The molecule has 7 nitrogen and oxygen atoms in total. The first-order valence-electron chi connectivity index (χ1n) is 8.38. The summed E-state index contributed by atoms with van der Waals surface area (Å²) in [6.07, 6.45) is 7.62. The predicted octanol–water partition coefficient (Wildman–Crippen LogP) is 2.63. The molecule has 3 aromatic heterocycles. The van der Waals surface area contributed by atoms with Crippen LogP contribution in [0.3, 0.4) is 0 Å². The number of carbonyl (C=O) groups is 1. The van der Waals surface area contributed by atoms with Crippen molar-refractivity contribution >= 4 is 46.4 Å². The first kappa shape index (κ1) is 18.6. The lowest BCUT2D eigenvalue weighted by atomic mass is 10.1. The number of aromatic amines is 1. The predicted molar refractivity (Wildman–Crippen MR) is 107 cm³/mol. The number of carbonyl (C=O) groups excluding carboxylic acids is 1. The highest BCUT2D eigenvalue weighted by Gasteiger charge is 2.20. The van der Waals surface area contributed by atoms with Gasteiger partial charge in [-0.2, -0.15) is 0 Å². The van der Waals surface area contributed by atoms with Crippen molar-refractivity contribution in [3.63, 3.8) is 0 Å². The number of pyridine rings is 1. The zero-order valence-electron chi connectivity index (χ0n) is 14.3. The van der Waals surface area contributed by atoms with E-state index in [1.54, 1.807) is 13.2 Å². The Hall–Kier alpha value is -2.16. The van der Waals surface area contributed by atoms with Gasteiger partial charge in [0.05, 0.1) is 17.4 Å². The number of H-pyrrole nitrogens is 1. The molecule has 0 bridgehead atoms. The molecule has 0 radical (unpaired) electrons. The highest BCUT2D eigenvalue weighted by atomic mass is 35.5. The van der Waals surface area contributed by atoms with Crippen LogP contribution in [0.2, 0.25) is 0 Å². The van der Waals surface area contributed by atoms with Gasteiger partial charge in [0.1, 0.15) is 15.5 Å². The molecule has 0 spiro atoms. The Kier molecular flexibility index (Phi) is 5.75. The number of halogens is 1. The summed E-state index contributed by atoms with van der Waals surface area (Å²) in [5.74, 6) is -0.120. The lowest BCUT2D eigenvalue weighted by Crippen LogP contribution is -2.38. The molecule has 4 N–H and O–H groups in total. The maximum atomic E-state index is 11.8. The number of piperidine rings is 1. The number of anilines is 1. The van der Waals surface area contributed by atoms with E-state index in [9.17, 15) is 4.79 Å². The molecule has 3 aromatic rings. The molecule has 1 fully saturated rings. The molecular formula is C17H21ClN6OS. The van der Waals surface area contributed by atoms with Crippen molar-refractivity contribution < 1.29 is 4.79 Å². The third-order valence-electron chi connectivity index (χ3n) is 4.42. The Bertz CT molecular complexity index is 902. The van der Waals surface area contributed by atoms with Gasteiger partial charge < -0.3 is 20.9 Å². The van der Waals surface area contributed by atoms with Gasteiger partial charge in [-0.25, -0.2) is 9.97 Å². The zero-order valence-corrected chi connectivity index (χ0v) is 16.0. The Morgan fingerprint density at radius 3 is 3.00 bits per heavy atom. The van der Waals surface area contributed by atoms with E-state index in [2.05, 4.69) is 30.9 Å². The van der Waals surface area contributed by atoms with Crippen molar-refractivity contribution in [2.24, 2.45) is 0 Å². The lowest BCUT2D eigenvalue weighted by Gasteiger charge is -2.26. The highest BCUT2D eigenvalue weighted by Crippen LogP contribution is 2.36. The molecular weight excluding hydrogens is 372 g/mol. The van der Waals surface area contributed by atoms with Crippen LogP contribution in [-0.4, -0.2) is 47.0 Å². The smallest absolute Gasteiger partial charge is 0.262 e. The van der Waals surface area contributed by atoms with E-state index in [4.69, 9.17) is 0 Å². The van der Waals surface area contributed by atoms with E-state index >= 15 is 0 Å². The normalized spacial score (nSPS) is 16.9. The monoisotopic (exact) mass is 392 g/mol. The molecule has 1 aliphatic rings. The highest BCUT2D eigenvalue weighted by molar-refractivity contribution is 7.17. The van der Waals surface area contributed by atoms with Gasteiger partial charge >= 0.3 is 0 Å². The van der Waals surface area contributed by atoms with Crippen LogP contribution in [0.25, 0.3) is 21.6 Å². The molecule has 0 unspecified atom stereocenters. The number of nitrogens with zero attached hydrogens (tertiary/aromatic N) is 2. The fourth-order valence-electron chi connectivity index (χ4n) is 3.13. The van der Waals surface area contributed by atoms with Crippen molar-refractivity contribution in [2.75, 3.05) is 25.5 Å². The van der Waals surface area contributed by atoms with Crippen LogP contribution in [0.15, 0.2) is 24.7 Å². The summed E-state index contributed by atoms with van der Waals surface area (Å²) in [4.78, 5) is 24.6. The van der Waals surface area contributed by atoms with Gasteiger partial charge in [0.25, 0.3) is 5.91 Å². The molecule has 0 aromatic carbocycles. The van der Waals surface area contributed by atoms with Gasteiger partial charge in [-0.1, -0.05) is 0 Å². The number of aromatic nitrogens is 3. The third kappa shape index (κ3) is 3.53. The first-order valence-corrected chi connectivity index (χ1v) is 9.19. The first-order chi connectivity index (χ1) is 12.3. The maximum absolute atomic E-state index is 11.8. The van der Waals surface area contributed by atoms with Crippen LogP contribution in [0.5, 0.6) is 0 Å². The molecule has 26 heavy (non-hydrogen) atoms. The van der Waals surface area contributed by atoms with Crippen LogP contribution < -0.4 is 16.0 Å². The minimum Gasteiger partial charge on any atom is -0.380 e. The number of fused-ring (bicyclic) bond motifs is 1. The number of hydrogen-bond donors (Lipinski definition) is 4. The number of rotatable bonds is 4. The summed E-state index contributed by atoms with van der Waals surface area (Å²) < 4.78 is 0. The Balaban J connectivity index is 0.00000196. The summed E-state index contributed by atoms with van der Waals surface area (Å²) in [6, 6.07) is 2.39. The van der Waals surface area contributed by atoms with Gasteiger partial charge in [-0.3, -0.25) is 4.79 Å². The Morgan fingerprint density at radius 2 is 2.23 bits per heavy atom. The van der Waals surface area contributed by atoms with Gasteiger partial charge in [-0.05, 0) is 25.5 Å². The number of nitrogens with one attached hydrogen (secondary N) is 4. The summed E-state index contributed by atoms with van der Waals surface area (Å²) in [5, 5.41) is 11.6. The maximum Gasteiger partial charge on any atom is 0.262 e. The number of hydrogen-bond acceptors (Lipinski definition) is 6. The minimum atomic E-state index is -0.120. The summed E-state index contributed by atoms with van der Waals surface area (Å²) >= 11 is 1.38. The second kappa shape index (κ2) is 8.03. The van der Waals surface area contributed by atoms with Crippen LogP contribution in [0.1, 0.15) is 22.5 Å². The molecule has 1 saturated heterocycles. The molecule has 1 amide bonds. The van der Waals surface area contributed by atoms with Crippen molar-refractivity contribution in [1.29, 1.82) is 0 Å². The molecule has 0 saturated carbocycles. The second-order valence-electron chi connectivity index (χ2n) is 6.08. The van der Waals surface area contributed by atoms with Crippen molar-refractivity contribution in [2.45, 2.75) is 18.9 Å². The van der Waals surface area contributed by atoms with Crippen molar-refractivity contribution in [3.05, 3.63) is 29.5 Å². The van der Waals surface area contributed by atoms with E-state index < -0.39 is 0 Å². The van der Waals surface area contributed by atoms with Crippen LogP contribution >= 0.6 is 23.7 Å². The van der Waals surface area contributed by atoms with Gasteiger partial charge in [-0.15, -0.1) is 23.7 Å². The second-order valence-corrected chi connectivity index (χ2v) is 7.11. The van der Waals surface area contributed by atoms with Gasteiger partial charge in [0.2, 0.25) is 0 Å². The molecule has 138 valence electrons. The molecule has 9 heteroatoms. The van der Waals surface area contributed by atoms with E-state index in [1.807, 2.05) is 18.5 Å². The fourth-order valence-corrected chi connectivity index (χ4v) is 4.01.